The highest BCUT2D eigenvalue weighted by Crippen LogP contribution is 2.14. The fourth-order valence-corrected chi connectivity index (χ4v) is 1.42. The lowest BCUT2D eigenvalue weighted by atomic mass is 10.2. The van der Waals surface area contributed by atoms with Gasteiger partial charge in [0.25, 0.3) is 5.91 Å². The first-order chi connectivity index (χ1) is 8.91. The van der Waals surface area contributed by atoms with E-state index in [1.165, 1.54) is 0 Å². The molecule has 7 heteroatoms. The Morgan fingerprint density at radius 2 is 1.84 bits per heavy atom. The van der Waals surface area contributed by atoms with Crippen molar-refractivity contribution in [2.45, 2.75) is 13.0 Å². The first-order valence-corrected chi connectivity index (χ1v) is 5.73. The van der Waals surface area contributed by atoms with Gasteiger partial charge < -0.3 is 15.7 Å². The maximum absolute atomic E-state index is 13.3. The third-order valence-electron chi connectivity index (χ3n) is 2.26. The molecule has 106 valence electrons. The summed E-state index contributed by atoms with van der Waals surface area (Å²) in [6.45, 7) is 2.40. The number of hydrogen-bond donors (Lipinski definition) is 3. The Bertz CT molecular complexity index is 430. The van der Waals surface area contributed by atoms with Gasteiger partial charge in [-0.15, -0.1) is 0 Å². The van der Waals surface area contributed by atoms with Crippen LogP contribution in [0.25, 0.3) is 0 Å². The number of carbonyl (C=O) groups excluding carboxylic acids is 1. The van der Waals surface area contributed by atoms with Crippen molar-refractivity contribution < 1.29 is 23.1 Å². The Morgan fingerprint density at radius 3 is 2.37 bits per heavy atom. The number of benzene rings is 1. The standard InChI is InChI=1S/C12H15F3N2O2/c1-7(18)6-16-2-3-17-12(19)11-9(14)4-8(13)5-10(11)15/h4-5,7,16,18H,2-3,6H2,1H3,(H,17,19). The first-order valence-electron chi connectivity index (χ1n) is 5.73. The highest BCUT2D eigenvalue weighted by Gasteiger charge is 2.18. The molecule has 1 amide bonds. The molecule has 0 aromatic heterocycles. The molecule has 0 saturated heterocycles. The Hall–Kier alpha value is -1.60. The van der Waals surface area contributed by atoms with Crippen LogP contribution in [0, 0.1) is 17.5 Å². The van der Waals surface area contributed by atoms with Crippen LogP contribution in [-0.2, 0) is 0 Å². The van der Waals surface area contributed by atoms with Crippen LogP contribution in [0.4, 0.5) is 13.2 Å². The number of amides is 1. The summed E-state index contributed by atoms with van der Waals surface area (Å²) in [6.07, 6.45) is -0.525. The van der Waals surface area contributed by atoms with Gasteiger partial charge in [0.15, 0.2) is 0 Å². The Kier molecular flexibility index (Phi) is 5.78. The number of hydrogen-bond acceptors (Lipinski definition) is 3. The molecule has 3 N–H and O–H groups in total. The molecule has 1 unspecified atom stereocenters. The zero-order valence-electron chi connectivity index (χ0n) is 10.3. The largest absolute Gasteiger partial charge is 0.392 e. The van der Waals surface area contributed by atoms with Crippen LogP contribution in [0.1, 0.15) is 17.3 Å². The molecule has 4 nitrogen and oxygen atoms in total. The van der Waals surface area contributed by atoms with Crippen LogP contribution in [-0.4, -0.2) is 36.8 Å². The average molecular weight is 276 g/mol. The van der Waals surface area contributed by atoms with Crippen molar-refractivity contribution in [2.24, 2.45) is 0 Å². The van der Waals surface area contributed by atoms with E-state index in [4.69, 9.17) is 5.11 Å². The molecule has 1 aromatic carbocycles. The topological polar surface area (TPSA) is 61.4 Å². The fourth-order valence-electron chi connectivity index (χ4n) is 1.42. The van der Waals surface area contributed by atoms with E-state index in [0.717, 1.165) is 0 Å². The summed E-state index contributed by atoms with van der Waals surface area (Å²) in [5.41, 5.74) is -0.808. The van der Waals surface area contributed by atoms with Crippen LogP contribution >= 0.6 is 0 Å². The zero-order valence-corrected chi connectivity index (χ0v) is 10.3. The lowest BCUT2D eigenvalue weighted by Gasteiger charge is -2.09. The molecule has 0 saturated carbocycles. The summed E-state index contributed by atoms with van der Waals surface area (Å²) >= 11 is 0. The number of carbonyl (C=O) groups is 1. The molecule has 0 aliphatic carbocycles. The van der Waals surface area contributed by atoms with Crippen molar-refractivity contribution in [2.75, 3.05) is 19.6 Å². The summed E-state index contributed by atoms with van der Waals surface area (Å²) in [7, 11) is 0. The van der Waals surface area contributed by atoms with Gasteiger partial charge in [0.05, 0.1) is 6.10 Å². The molecule has 0 radical (unpaired) electrons. The molecular formula is C12H15F3N2O2. The highest BCUT2D eigenvalue weighted by molar-refractivity contribution is 5.94. The maximum Gasteiger partial charge on any atom is 0.257 e. The minimum absolute atomic E-state index is 0.127. The first kappa shape index (κ1) is 15.5. The lowest BCUT2D eigenvalue weighted by Crippen LogP contribution is -2.35. The van der Waals surface area contributed by atoms with Crippen LogP contribution in [0.3, 0.4) is 0 Å². The molecule has 19 heavy (non-hydrogen) atoms. The van der Waals surface area contributed by atoms with Gasteiger partial charge in [-0.05, 0) is 6.92 Å². The minimum Gasteiger partial charge on any atom is -0.392 e. The number of nitrogens with one attached hydrogen (secondary N) is 2. The maximum atomic E-state index is 13.3. The van der Waals surface area contributed by atoms with E-state index in [9.17, 15) is 18.0 Å². The van der Waals surface area contributed by atoms with Gasteiger partial charge in [-0.25, -0.2) is 13.2 Å². The number of aliphatic hydroxyl groups excluding tert-OH is 1. The predicted octanol–water partition coefficient (Wildman–Crippen LogP) is 0.804. The van der Waals surface area contributed by atoms with Gasteiger partial charge in [-0.1, -0.05) is 0 Å². The number of halogens is 3. The molecule has 1 atom stereocenters. The lowest BCUT2D eigenvalue weighted by molar-refractivity contribution is 0.0945. The molecule has 0 aliphatic rings. The molecule has 0 spiro atoms. The molecule has 0 bridgehead atoms. The van der Waals surface area contributed by atoms with Crippen molar-refractivity contribution in [3.05, 3.63) is 35.1 Å². The number of aliphatic hydroxyl groups is 1. The third-order valence-corrected chi connectivity index (χ3v) is 2.26. The molecule has 0 heterocycles. The van der Waals surface area contributed by atoms with Crippen molar-refractivity contribution >= 4 is 5.91 Å². The summed E-state index contributed by atoms with van der Waals surface area (Å²) in [5, 5.41) is 14.1. The monoisotopic (exact) mass is 276 g/mol. The second kappa shape index (κ2) is 7.10. The average Bonchev–Trinajstić information content (AvgIpc) is 2.26. The van der Waals surface area contributed by atoms with E-state index in [0.29, 0.717) is 25.2 Å². The molecule has 0 aliphatic heterocycles. The Labute approximate surface area is 108 Å². The third kappa shape index (κ3) is 4.88. The SMILES string of the molecule is CC(O)CNCCNC(=O)c1c(F)cc(F)cc1F. The second-order valence-electron chi connectivity index (χ2n) is 4.05. The van der Waals surface area contributed by atoms with E-state index in [1.807, 2.05) is 0 Å². The second-order valence-corrected chi connectivity index (χ2v) is 4.05. The molecule has 1 aromatic rings. The van der Waals surface area contributed by atoms with Gasteiger partial charge in [0.1, 0.15) is 23.0 Å². The summed E-state index contributed by atoms with van der Waals surface area (Å²) < 4.78 is 39.2. The van der Waals surface area contributed by atoms with Crippen molar-refractivity contribution in [3.8, 4) is 0 Å². The zero-order chi connectivity index (χ0) is 14.4. The Balaban J connectivity index is 2.50. The van der Waals surface area contributed by atoms with Gasteiger partial charge in [-0.3, -0.25) is 4.79 Å². The smallest absolute Gasteiger partial charge is 0.257 e. The predicted molar refractivity (Wildman–Crippen MR) is 63.2 cm³/mol. The van der Waals surface area contributed by atoms with E-state index in [-0.39, 0.29) is 6.54 Å². The quantitative estimate of drug-likeness (QED) is 0.674. The van der Waals surface area contributed by atoms with Crippen molar-refractivity contribution in [1.82, 2.24) is 10.6 Å². The van der Waals surface area contributed by atoms with Crippen molar-refractivity contribution in [1.29, 1.82) is 0 Å². The molecular weight excluding hydrogens is 261 g/mol. The minimum atomic E-state index is -1.24. The molecule has 1 rings (SSSR count). The van der Waals surface area contributed by atoms with Gasteiger partial charge >= 0.3 is 0 Å². The van der Waals surface area contributed by atoms with Crippen LogP contribution < -0.4 is 10.6 Å². The fraction of sp³-hybridized carbons (Fsp3) is 0.417. The Morgan fingerprint density at radius 1 is 1.26 bits per heavy atom. The van der Waals surface area contributed by atoms with Crippen LogP contribution in [0.5, 0.6) is 0 Å². The van der Waals surface area contributed by atoms with Gasteiger partial charge in [-0.2, -0.15) is 0 Å². The highest BCUT2D eigenvalue weighted by atomic mass is 19.1. The van der Waals surface area contributed by atoms with E-state index >= 15 is 0 Å². The summed E-state index contributed by atoms with van der Waals surface area (Å²) in [4.78, 5) is 11.5. The summed E-state index contributed by atoms with van der Waals surface area (Å²) in [5.74, 6) is -4.52. The summed E-state index contributed by atoms with van der Waals surface area (Å²) in [6, 6.07) is 0.896. The van der Waals surface area contributed by atoms with E-state index in [2.05, 4.69) is 10.6 Å². The van der Waals surface area contributed by atoms with Gasteiger partial charge in [0.2, 0.25) is 0 Å². The van der Waals surface area contributed by atoms with E-state index < -0.39 is 35.0 Å². The number of rotatable bonds is 6. The van der Waals surface area contributed by atoms with E-state index in [1.54, 1.807) is 6.92 Å². The van der Waals surface area contributed by atoms with Gasteiger partial charge in [0, 0.05) is 31.8 Å². The van der Waals surface area contributed by atoms with Crippen LogP contribution in [0.15, 0.2) is 12.1 Å². The normalized spacial score (nSPS) is 12.3. The molecule has 0 fully saturated rings. The van der Waals surface area contributed by atoms with Crippen molar-refractivity contribution in [3.63, 3.8) is 0 Å². The van der Waals surface area contributed by atoms with Crippen LogP contribution in [0.2, 0.25) is 0 Å².